The van der Waals surface area contributed by atoms with Crippen LogP contribution in [0.4, 0.5) is 0 Å². The van der Waals surface area contributed by atoms with Crippen molar-refractivity contribution in [1.82, 2.24) is 15.2 Å². The zero-order chi connectivity index (χ0) is 11.1. The van der Waals surface area contributed by atoms with Crippen LogP contribution in [-0.2, 0) is 0 Å². The molecule has 0 spiro atoms. The molecule has 0 saturated carbocycles. The van der Waals surface area contributed by atoms with Gasteiger partial charge in [0, 0.05) is 17.1 Å². The summed E-state index contributed by atoms with van der Waals surface area (Å²) in [7, 11) is 0. The fourth-order valence-electron chi connectivity index (χ4n) is 1.65. The molecule has 0 aliphatic heterocycles. The van der Waals surface area contributed by atoms with Crippen LogP contribution >= 0.6 is 11.6 Å². The molecule has 0 saturated heterocycles. The predicted octanol–water partition coefficient (Wildman–Crippen LogP) is 2.16. The quantitative estimate of drug-likeness (QED) is 0.679. The van der Waals surface area contributed by atoms with E-state index in [1.54, 1.807) is 12.3 Å². The Bertz CT molecular complexity index is 710. The van der Waals surface area contributed by atoms with E-state index < -0.39 is 5.76 Å². The van der Waals surface area contributed by atoms with Gasteiger partial charge in [-0.05, 0) is 12.1 Å². The zero-order valence-corrected chi connectivity index (χ0v) is 8.71. The highest BCUT2D eigenvalue weighted by Crippen LogP contribution is 2.31. The number of hydrogen-bond acceptors (Lipinski definition) is 3. The number of aromatic nitrogens is 3. The van der Waals surface area contributed by atoms with Gasteiger partial charge in [-0.25, -0.2) is 9.89 Å². The SMILES string of the molecule is O=c1[nH]nc(-c2c[nH]c3cccc(Cl)c23)o1. The van der Waals surface area contributed by atoms with Crippen molar-refractivity contribution in [2.24, 2.45) is 0 Å². The summed E-state index contributed by atoms with van der Waals surface area (Å²) in [6, 6.07) is 5.49. The molecule has 0 radical (unpaired) electrons. The monoisotopic (exact) mass is 235 g/mol. The lowest BCUT2D eigenvalue weighted by Crippen LogP contribution is -1.93. The average molecular weight is 236 g/mol. The van der Waals surface area contributed by atoms with Gasteiger partial charge in [0.1, 0.15) is 0 Å². The Morgan fingerprint density at radius 2 is 2.25 bits per heavy atom. The van der Waals surface area contributed by atoms with Gasteiger partial charge >= 0.3 is 5.76 Å². The maximum Gasteiger partial charge on any atom is 0.434 e. The Hall–Kier alpha value is -2.01. The van der Waals surface area contributed by atoms with Crippen LogP contribution in [0, 0.1) is 0 Å². The molecular formula is C10H6ClN3O2. The van der Waals surface area contributed by atoms with Crippen LogP contribution in [0.5, 0.6) is 0 Å². The summed E-state index contributed by atoms with van der Waals surface area (Å²) < 4.78 is 4.89. The number of benzene rings is 1. The van der Waals surface area contributed by atoms with E-state index >= 15 is 0 Å². The van der Waals surface area contributed by atoms with E-state index in [2.05, 4.69) is 15.2 Å². The minimum absolute atomic E-state index is 0.226. The number of H-pyrrole nitrogens is 2. The molecular weight excluding hydrogens is 230 g/mol. The van der Waals surface area contributed by atoms with E-state index in [1.807, 2.05) is 12.1 Å². The number of nitrogens with zero attached hydrogens (tertiary/aromatic N) is 1. The third-order valence-corrected chi connectivity index (χ3v) is 2.64. The summed E-state index contributed by atoms with van der Waals surface area (Å²) in [5.41, 5.74) is 1.53. The fourth-order valence-corrected chi connectivity index (χ4v) is 1.93. The van der Waals surface area contributed by atoms with Gasteiger partial charge in [0.15, 0.2) is 0 Å². The second-order valence-electron chi connectivity index (χ2n) is 3.28. The number of aromatic amines is 2. The first-order valence-corrected chi connectivity index (χ1v) is 4.95. The Kier molecular flexibility index (Phi) is 1.87. The number of rotatable bonds is 1. The van der Waals surface area contributed by atoms with E-state index in [9.17, 15) is 4.79 Å². The van der Waals surface area contributed by atoms with Crippen molar-refractivity contribution >= 4 is 22.5 Å². The number of fused-ring (bicyclic) bond motifs is 1. The normalized spacial score (nSPS) is 11.1. The molecule has 80 valence electrons. The van der Waals surface area contributed by atoms with Gasteiger partial charge in [0.2, 0.25) is 0 Å². The molecule has 0 amide bonds. The molecule has 5 nitrogen and oxygen atoms in total. The molecule has 0 fully saturated rings. The summed E-state index contributed by atoms with van der Waals surface area (Å²) in [4.78, 5) is 13.9. The molecule has 2 aromatic heterocycles. The molecule has 2 N–H and O–H groups in total. The van der Waals surface area contributed by atoms with Gasteiger partial charge in [-0.1, -0.05) is 17.7 Å². The lowest BCUT2D eigenvalue weighted by atomic mass is 10.2. The first-order valence-electron chi connectivity index (χ1n) is 4.57. The first-order chi connectivity index (χ1) is 7.75. The van der Waals surface area contributed by atoms with Crippen LogP contribution in [-0.4, -0.2) is 15.2 Å². The van der Waals surface area contributed by atoms with Crippen LogP contribution in [0.2, 0.25) is 5.02 Å². The maximum absolute atomic E-state index is 10.9. The number of halogens is 1. The Labute approximate surface area is 94.0 Å². The minimum atomic E-state index is -0.587. The highest BCUT2D eigenvalue weighted by Gasteiger charge is 2.13. The maximum atomic E-state index is 10.9. The summed E-state index contributed by atoms with van der Waals surface area (Å²) >= 11 is 6.08. The van der Waals surface area contributed by atoms with Crippen molar-refractivity contribution in [2.75, 3.05) is 0 Å². The van der Waals surface area contributed by atoms with E-state index in [0.29, 0.717) is 10.6 Å². The Morgan fingerprint density at radius 1 is 1.38 bits per heavy atom. The zero-order valence-electron chi connectivity index (χ0n) is 7.95. The molecule has 2 heterocycles. The van der Waals surface area contributed by atoms with Crippen molar-refractivity contribution in [1.29, 1.82) is 0 Å². The average Bonchev–Trinajstić information content (AvgIpc) is 2.84. The third-order valence-electron chi connectivity index (χ3n) is 2.32. The highest BCUT2D eigenvalue weighted by molar-refractivity contribution is 6.36. The van der Waals surface area contributed by atoms with Gasteiger partial charge in [0.25, 0.3) is 5.89 Å². The van der Waals surface area contributed by atoms with Gasteiger partial charge in [0.05, 0.1) is 10.6 Å². The molecule has 0 atom stereocenters. The van der Waals surface area contributed by atoms with E-state index in [-0.39, 0.29) is 5.89 Å². The van der Waals surface area contributed by atoms with Crippen LogP contribution < -0.4 is 5.76 Å². The van der Waals surface area contributed by atoms with Gasteiger partial charge in [-0.2, -0.15) is 0 Å². The molecule has 1 aromatic carbocycles. The summed E-state index contributed by atoms with van der Waals surface area (Å²) in [5.74, 6) is -0.360. The lowest BCUT2D eigenvalue weighted by molar-refractivity contribution is 0.527. The molecule has 0 aliphatic carbocycles. The lowest BCUT2D eigenvalue weighted by Gasteiger charge is -1.95. The number of nitrogens with one attached hydrogen (secondary N) is 2. The Balaban J connectivity index is 2.36. The van der Waals surface area contributed by atoms with Gasteiger partial charge in [-0.15, -0.1) is 5.10 Å². The molecule has 0 bridgehead atoms. The third kappa shape index (κ3) is 1.25. The second-order valence-corrected chi connectivity index (χ2v) is 3.69. The van der Waals surface area contributed by atoms with Crippen LogP contribution in [0.3, 0.4) is 0 Å². The summed E-state index contributed by atoms with van der Waals surface area (Å²) in [6.07, 6.45) is 1.70. The fraction of sp³-hybridized carbons (Fsp3) is 0. The summed E-state index contributed by atoms with van der Waals surface area (Å²) in [6.45, 7) is 0. The highest BCUT2D eigenvalue weighted by atomic mass is 35.5. The topological polar surface area (TPSA) is 74.7 Å². The van der Waals surface area contributed by atoms with Crippen molar-refractivity contribution in [3.63, 3.8) is 0 Å². The minimum Gasteiger partial charge on any atom is -0.388 e. The largest absolute Gasteiger partial charge is 0.434 e. The first kappa shape index (κ1) is 9.23. The van der Waals surface area contributed by atoms with Gasteiger partial charge < -0.3 is 9.40 Å². The molecule has 3 rings (SSSR count). The molecule has 6 heteroatoms. The van der Waals surface area contributed by atoms with E-state index in [0.717, 1.165) is 10.9 Å². The van der Waals surface area contributed by atoms with E-state index in [4.69, 9.17) is 16.0 Å². The Morgan fingerprint density at radius 3 is 3.00 bits per heavy atom. The van der Waals surface area contributed by atoms with Crippen molar-refractivity contribution in [2.45, 2.75) is 0 Å². The standard InChI is InChI=1S/C10H6ClN3O2/c11-6-2-1-3-7-8(6)5(4-12-7)9-13-14-10(15)16-9/h1-4,12H,(H,14,15). The second kappa shape index (κ2) is 3.24. The molecule has 0 aliphatic rings. The number of hydrogen-bond donors (Lipinski definition) is 2. The van der Waals surface area contributed by atoms with Crippen molar-refractivity contribution in [3.8, 4) is 11.5 Å². The summed E-state index contributed by atoms with van der Waals surface area (Å²) in [5, 5.41) is 7.35. The smallest absolute Gasteiger partial charge is 0.388 e. The van der Waals surface area contributed by atoms with Crippen LogP contribution in [0.15, 0.2) is 33.6 Å². The van der Waals surface area contributed by atoms with Crippen LogP contribution in [0.25, 0.3) is 22.4 Å². The molecule has 16 heavy (non-hydrogen) atoms. The van der Waals surface area contributed by atoms with Crippen molar-refractivity contribution < 1.29 is 4.42 Å². The van der Waals surface area contributed by atoms with Crippen LogP contribution in [0.1, 0.15) is 0 Å². The molecule has 0 unspecified atom stereocenters. The van der Waals surface area contributed by atoms with E-state index in [1.165, 1.54) is 0 Å². The van der Waals surface area contributed by atoms with Crippen molar-refractivity contribution in [3.05, 3.63) is 40.0 Å². The van der Waals surface area contributed by atoms with Gasteiger partial charge in [-0.3, -0.25) is 0 Å². The molecule has 3 aromatic rings. The predicted molar refractivity (Wildman–Crippen MR) is 59.4 cm³/mol.